The van der Waals surface area contributed by atoms with Crippen molar-refractivity contribution in [3.8, 4) is 11.5 Å². The molecule has 1 aliphatic carbocycles. The van der Waals surface area contributed by atoms with E-state index in [1.807, 2.05) is 13.0 Å². The van der Waals surface area contributed by atoms with Crippen LogP contribution in [0.5, 0.6) is 11.5 Å². The molecule has 1 aromatic heterocycles. The molecule has 0 spiro atoms. The number of anilines is 2. The van der Waals surface area contributed by atoms with Gasteiger partial charge in [0.05, 0.1) is 19.9 Å². The van der Waals surface area contributed by atoms with Gasteiger partial charge in [-0.3, -0.25) is 19.3 Å². The van der Waals surface area contributed by atoms with E-state index in [0.717, 1.165) is 42.8 Å². The number of rotatable bonds is 9. The number of nitrogens with one attached hydrogen (secondary N) is 1. The Morgan fingerprint density at radius 1 is 1.11 bits per heavy atom. The first-order chi connectivity index (χ1) is 18.2. The van der Waals surface area contributed by atoms with Crippen LogP contribution in [0.3, 0.4) is 0 Å². The van der Waals surface area contributed by atoms with Crippen LogP contribution in [0.25, 0.3) is 0 Å². The highest BCUT2D eigenvalue weighted by Gasteiger charge is 2.38. The number of carbonyl (C=O) groups is 3. The predicted molar refractivity (Wildman–Crippen MR) is 146 cm³/mol. The predicted octanol–water partition coefficient (Wildman–Crippen LogP) is 3.60. The van der Waals surface area contributed by atoms with Crippen molar-refractivity contribution in [1.29, 1.82) is 0 Å². The minimum absolute atomic E-state index is 0.000774. The lowest BCUT2D eigenvalue weighted by Gasteiger charge is -2.33. The monoisotopic (exact) mass is 537 g/mol. The maximum Gasteiger partial charge on any atom is 0.273 e. The van der Waals surface area contributed by atoms with Crippen LogP contribution in [0.1, 0.15) is 63.0 Å². The molecule has 38 heavy (non-hydrogen) atoms. The fraction of sp³-hybridized carbons (Fsp3) is 0.333. The molecule has 0 saturated heterocycles. The number of carbonyl (C=O) groups excluding carboxylic acids is 3. The molecule has 5 N–H and O–H groups in total. The Kier molecular flexibility index (Phi) is 8.16. The zero-order valence-electron chi connectivity index (χ0n) is 21.5. The largest absolute Gasteiger partial charge is 0.497 e. The quantitative estimate of drug-likeness (QED) is 0.377. The standard InChI is InChI=1S/C27H31N5O5S/c1-15-7-6-10-17(13-15)32(27(35)24-21(28)22(25(29)33)31-38-24)23(26(34)30-16-8-4-5-9-16)19-14-18(36-2)11-12-20(19)37-3/h6-7,10-14,16,23H,4-5,8-9,28H2,1-3H3,(H2,29,33)(H,30,34). The second kappa shape index (κ2) is 11.5. The lowest BCUT2D eigenvalue weighted by atomic mass is 10.00. The van der Waals surface area contributed by atoms with E-state index in [0.29, 0.717) is 22.7 Å². The molecule has 1 heterocycles. The fourth-order valence-electron chi connectivity index (χ4n) is 4.70. The van der Waals surface area contributed by atoms with Gasteiger partial charge in [0, 0.05) is 17.3 Å². The number of aromatic nitrogens is 1. The normalized spacial score (nSPS) is 14.1. The highest BCUT2D eigenvalue weighted by atomic mass is 32.1. The molecule has 0 bridgehead atoms. The van der Waals surface area contributed by atoms with Gasteiger partial charge in [-0.05, 0) is 67.2 Å². The summed E-state index contributed by atoms with van der Waals surface area (Å²) in [6.45, 7) is 1.89. The Morgan fingerprint density at radius 2 is 1.84 bits per heavy atom. The average molecular weight is 538 g/mol. The molecule has 0 aliphatic heterocycles. The smallest absolute Gasteiger partial charge is 0.273 e. The summed E-state index contributed by atoms with van der Waals surface area (Å²) in [5.74, 6) is -0.932. The molecule has 3 aromatic rings. The number of benzene rings is 2. The molecular weight excluding hydrogens is 506 g/mol. The van der Waals surface area contributed by atoms with E-state index in [2.05, 4.69) is 9.69 Å². The third-order valence-corrected chi connectivity index (χ3v) is 7.44. The van der Waals surface area contributed by atoms with Crippen molar-refractivity contribution < 1.29 is 23.9 Å². The third-order valence-electron chi connectivity index (χ3n) is 6.59. The third kappa shape index (κ3) is 5.42. The maximum atomic E-state index is 14.2. The average Bonchev–Trinajstić information content (AvgIpc) is 3.55. The molecule has 2 aromatic carbocycles. The van der Waals surface area contributed by atoms with Crippen LogP contribution < -0.4 is 31.2 Å². The summed E-state index contributed by atoms with van der Waals surface area (Å²) in [5, 5.41) is 3.13. The van der Waals surface area contributed by atoms with Gasteiger partial charge >= 0.3 is 0 Å². The fourth-order valence-corrected chi connectivity index (χ4v) is 5.44. The number of nitrogen functional groups attached to an aromatic ring is 1. The Morgan fingerprint density at radius 3 is 2.45 bits per heavy atom. The Labute approximate surface area is 225 Å². The van der Waals surface area contributed by atoms with Gasteiger partial charge in [-0.2, -0.15) is 4.37 Å². The van der Waals surface area contributed by atoms with Gasteiger partial charge in [-0.1, -0.05) is 25.0 Å². The van der Waals surface area contributed by atoms with Crippen molar-refractivity contribution in [1.82, 2.24) is 9.69 Å². The molecule has 11 heteroatoms. The first kappa shape index (κ1) is 26.9. The lowest BCUT2D eigenvalue weighted by Crippen LogP contribution is -2.46. The van der Waals surface area contributed by atoms with E-state index in [4.69, 9.17) is 20.9 Å². The van der Waals surface area contributed by atoms with E-state index in [1.165, 1.54) is 19.1 Å². The summed E-state index contributed by atoms with van der Waals surface area (Å²) in [6, 6.07) is 11.1. The van der Waals surface area contributed by atoms with E-state index in [1.54, 1.807) is 36.4 Å². The van der Waals surface area contributed by atoms with E-state index >= 15 is 0 Å². The van der Waals surface area contributed by atoms with Crippen LogP contribution in [0.15, 0.2) is 42.5 Å². The lowest BCUT2D eigenvalue weighted by molar-refractivity contribution is -0.123. The van der Waals surface area contributed by atoms with E-state index in [9.17, 15) is 14.4 Å². The first-order valence-corrected chi connectivity index (χ1v) is 13.0. The number of primary amides is 1. The van der Waals surface area contributed by atoms with Crippen LogP contribution in [0.2, 0.25) is 0 Å². The van der Waals surface area contributed by atoms with Crippen LogP contribution >= 0.6 is 11.5 Å². The van der Waals surface area contributed by atoms with Gasteiger partial charge in [0.1, 0.15) is 22.4 Å². The van der Waals surface area contributed by atoms with E-state index in [-0.39, 0.29) is 28.2 Å². The van der Waals surface area contributed by atoms with Gasteiger partial charge in [-0.25, -0.2) is 0 Å². The Balaban J connectivity index is 1.93. The number of hydrogen-bond donors (Lipinski definition) is 3. The van der Waals surface area contributed by atoms with Gasteiger partial charge in [-0.15, -0.1) is 0 Å². The number of nitrogens with zero attached hydrogens (tertiary/aromatic N) is 2. The Hall–Kier alpha value is -4.12. The molecule has 3 amide bonds. The number of amides is 3. The summed E-state index contributed by atoms with van der Waals surface area (Å²) in [4.78, 5) is 41.5. The van der Waals surface area contributed by atoms with Crippen LogP contribution in [0.4, 0.5) is 11.4 Å². The van der Waals surface area contributed by atoms with Gasteiger partial charge in [0.25, 0.3) is 11.8 Å². The Bertz CT molecular complexity index is 1350. The summed E-state index contributed by atoms with van der Waals surface area (Å²) in [7, 11) is 3.02. The molecule has 1 unspecified atom stereocenters. The van der Waals surface area contributed by atoms with Gasteiger partial charge in [0.2, 0.25) is 5.91 Å². The van der Waals surface area contributed by atoms with Gasteiger partial charge < -0.3 is 26.3 Å². The molecule has 1 fully saturated rings. The SMILES string of the molecule is COc1ccc(OC)c(C(C(=O)NC2CCCC2)N(C(=O)c2snc(C(N)=O)c2N)c2cccc(C)c2)c1. The van der Waals surface area contributed by atoms with Gasteiger partial charge in [0.15, 0.2) is 5.69 Å². The molecular formula is C27H31N5O5S. The summed E-state index contributed by atoms with van der Waals surface area (Å²) in [5.41, 5.74) is 13.0. The zero-order chi connectivity index (χ0) is 27.4. The molecule has 1 atom stereocenters. The second-order valence-electron chi connectivity index (χ2n) is 9.15. The minimum Gasteiger partial charge on any atom is -0.497 e. The van der Waals surface area contributed by atoms with Crippen molar-refractivity contribution in [2.75, 3.05) is 24.9 Å². The second-order valence-corrected chi connectivity index (χ2v) is 9.93. The van der Waals surface area contributed by atoms with Crippen LogP contribution in [0, 0.1) is 6.92 Å². The highest BCUT2D eigenvalue weighted by Crippen LogP contribution is 2.38. The van der Waals surface area contributed by atoms with Crippen molar-refractivity contribution in [3.63, 3.8) is 0 Å². The zero-order valence-corrected chi connectivity index (χ0v) is 22.3. The molecule has 1 aliphatic rings. The molecule has 0 radical (unpaired) electrons. The topological polar surface area (TPSA) is 150 Å². The number of aryl methyl sites for hydroxylation is 1. The summed E-state index contributed by atoms with van der Waals surface area (Å²) < 4.78 is 15.1. The van der Waals surface area contributed by atoms with Crippen molar-refractivity contribution >= 4 is 40.6 Å². The number of methoxy groups -OCH3 is 2. The van der Waals surface area contributed by atoms with Crippen LogP contribution in [-0.4, -0.2) is 42.4 Å². The highest BCUT2D eigenvalue weighted by molar-refractivity contribution is 7.09. The summed E-state index contributed by atoms with van der Waals surface area (Å²) >= 11 is 0.760. The van der Waals surface area contributed by atoms with Crippen LogP contribution in [-0.2, 0) is 4.79 Å². The maximum absolute atomic E-state index is 14.2. The van der Waals surface area contributed by atoms with Crippen molar-refractivity contribution in [2.45, 2.75) is 44.7 Å². The number of ether oxygens (including phenoxy) is 2. The number of hydrogen-bond acceptors (Lipinski definition) is 8. The van der Waals surface area contributed by atoms with Crippen molar-refractivity contribution in [2.24, 2.45) is 5.73 Å². The van der Waals surface area contributed by atoms with E-state index < -0.39 is 17.9 Å². The minimum atomic E-state index is -1.16. The molecule has 1 saturated carbocycles. The molecule has 10 nitrogen and oxygen atoms in total. The molecule has 4 rings (SSSR count). The molecule has 200 valence electrons. The number of nitrogens with two attached hydrogens (primary N) is 2. The summed E-state index contributed by atoms with van der Waals surface area (Å²) in [6.07, 6.45) is 3.75. The first-order valence-electron chi connectivity index (χ1n) is 12.2. The van der Waals surface area contributed by atoms with Crippen molar-refractivity contribution in [3.05, 3.63) is 64.2 Å².